The van der Waals surface area contributed by atoms with Crippen molar-refractivity contribution < 1.29 is 4.74 Å². The Morgan fingerprint density at radius 3 is 3.00 bits per heavy atom. The van der Waals surface area contributed by atoms with Crippen LogP contribution < -0.4 is 5.32 Å². The summed E-state index contributed by atoms with van der Waals surface area (Å²) in [5.74, 6) is 0. The quantitative estimate of drug-likeness (QED) is 0.896. The molecule has 2 rings (SSSR count). The Morgan fingerprint density at radius 1 is 1.59 bits per heavy atom. The minimum Gasteiger partial charge on any atom is -0.371 e. The van der Waals surface area contributed by atoms with E-state index in [1.165, 1.54) is 6.42 Å². The van der Waals surface area contributed by atoms with Gasteiger partial charge in [0.05, 0.1) is 29.1 Å². The minimum atomic E-state index is 0.305. The second kappa shape index (κ2) is 5.85. The summed E-state index contributed by atoms with van der Waals surface area (Å²) < 4.78 is 7.71. The molecule has 0 saturated carbocycles. The first-order chi connectivity index (χ1) is 8.22. The molecule has 1 saturated heterocycles. The molecule has 2 heterocycles. The number of piperidine rings is 1. The highest BCUT2D eigenvalue weighted by atomic mass is 35.5. The molecule has 1 atom stereocenters. The summed E-state index contributed by atoms with van der Waals surface area (Å²) in [6.07, 6.45) is 3.48. The van der Waals surface area contributed by atoms with Crippen LogP contribution in [0, 0.1) is 0 Å². The van der Waals surface area contributed by atoms with Gasteiger partial charge in [-0.15, -0.1) is 0 Å². The Labute approximate surface area is 107 Å². The molecule has 0 aromatic carbocycles. The molecule has 1 aromatic rings. The van der Waals surface area contributed by atoms with Gasteiger partial charge in [-0.3, -0.25) is 4.68 Å². The standard InChI is InChI=1S/C12H20ClN3O/c1-3-10-12(13)11(16(2)15-10)8-17-9-5-4-6-14-7-9/h9,14H,3-8H2,1-2H3. The number of hydrogen-bond acceptors (Lipinski definition) is 3. The lowest BCUT2D eigenvalue weighted by Crippen LogP contribution is -2.35. The summed E-state index contributed by atoms with van der Waals surface area (Å²) in [7, 11) is 1.92. The number of nitrogens with zero attached hydrogens (tertiary/aromatic N) is 2. The Balaban J connectivity index is 1.95. The molecule has 0 aliphatic carbocycles. The summed E-state index contributed by atoms with van der Waals surface area (Å²) in [4.78, 5) is 0. The van der Waals surface area contributed by atoms with E-state index in [9.17, 15) is 0 Å². The lowest BCUT2D eigenvalue weighted by Gasteiger charge is -2.23. The van der Waals surface area contributed by atoms with Crippen molar-refractivity contribution in [3.05, 3.63) is 16.4 Å². The average Bonchev–Trinajstić information content (AvgIpc) is 2.63. The zero-order valence-corrected chi connectivity index (χ0v) is 11.3. The molecule has 0 bridgehead atoms. The number of hydrogen-bond donors (Lipinski definition) is 1. The minimum absolute atomic E-state index is 0.305. The zero-order chi connectivity index (χ0) is 12.3. The van der Waals surface area contributed by atoms with Crippen LogP contribution in [0.2, 0.25) is 5.02 Å². The largest absolute Gasteiger partial charge is 0.371 e. The number of aryl methyl sites for hydroxylation is 2. The van der Waals surface area contributed by atoms with E-state index < -0.39 is 0 Å². The summed E-state index contributed by atoms with van der Waals surface area (Å²) in [5.41, 5.74) is 1.93. The topological polar surface area (TPSA) is 39.1 Å². The molecule has 1 aromatic heterocycles. The molecule has 1 aliphatic heterocycles. The van der Waals surface area contributed by atoms with Crippen LogP contribution in [0.5, 0.6) is 0 Å². The van der Waals surface area contributed by atoms with Gasteiger partial charge in [0, 0.05) is 13.6 Å². The van der Waals surface area contributed by atoms with Crippen molar-refractivity contribution in [2.45, 2.75) is 38.9 Å². The molecular formula is C12H20ClN3O. The molecule has 5 heteroatoms. The number of aromatic nitrogens is 2. The third-order valence-corrected chi connectivity index (χ3v) is 3.65. The van der Waals surface area contributed by atoms with E-state index in [2.05, 4.69) is 17.3 Å². The predicted octanol–water partition coefficient (Wildman–Crippen LogP) is 1.90. The molecule has 1 fully saturated rings. The Kier molecular flexibility index (Phi) is 4.42. The van der Waals surface area contributed by atoms with Crippen LogP contribution in [0.25, 0.3) is 0 Å². The fourth-order valence-electron chi connectivity index (χ4n) is 2.14. The Morgan fingerprint density at radius 2 is 2.41 bits per heavy atom. The normalized spacial score (nSPS) is 20.8. The average molecular weight is 258 g/mol. The van der Waals surface area contributed by atoms with Gasteiger partial charge in [0.1, 0.15) is 0 Å². The van der Waals surface area contributed by atoms with E-state index in [0.717, 1.165) is 42.3 Å². The van der Waals surface area contributed by atoms with Crippen LogP contribution in [-0.2, 0) is 24.8 Å². The van der Waals surface area contributed by atoms with E-state index >= 15 is 0 Å². The van der Waals surface area contributed by atoms with Gasteiger partial charge < -0.3 is 10.1 Å². The van der Waals surface area contributed by atoms with Crippen LogP contribution in [0.15, 0.2) is 0 Å². The number of nitrogens with one attached hydrogen (secondary N) is 1. The van der Waals surface area contributed by atoms with E-state index in [0.29, 0.717) is 12.7 Å². The maximum Gasteiger partial charge on any atom is 0.0904 e. The number of halogens is 1. The van der Waals surface area contributed by atoms with Crippen molar-refractivity contribution in [1.82, 2.24) is 15.1 Å². The fraction of sp³-hybridized carbons (Fsp3) is 0.750. The highest BCUT2D eigenvalue weighted by Gasteiger charge is 2.17. The van der Waals surface area contributed by atoms with Crippen LogP contribution in [-0.4, -0.2) is 29.0 Å². The van der Waals surface area contributed by atoms with Crippen molar-refractivity contribution in [2.24, 2.45) is 7.05 Å². The lowest BCUT2D eigenvalue weighted by atomic mass is 10.1. The molecule has 96 valence electrons. The maximum atomic E-state index is 6.27. The molecule has 0 spiro atoms. The SMILES string of the molecule is CCc1nn(C)c(COC2CCCNC2)c1Cl. The highest BCUT2D eigenvalue weighted by Crippen LogP contribution is 2.22. The summed E-state index contributed by atoms with van der Waals surface area (Å²) in [6, 6.07) is 0. The van der Waals surface area contributed by atoms with Crippen molar-refractivity contribution in [2.75, 3.05) is 13.1 Å². The van der Waals surface area contributed by atoms with Crippen LogP contribution >= 0.6 is 11.6 Å². The molecule has 1 unspecified atom stereocenters. The summed E-state index contributed by atoms with van der Waals surface area (Å²) in [6.45, 7) is 4.65. The summed E-state index contributed by atoms with van der Waals surface area (Å²) >= 11 is 6.27. The first kappa shape index (κ1) is 12.9. The van der Waals surface area contributed by atoms with Crippen LogP contribution in [0.1, 0.15) is 31.2 Å². The fourth-order valence-corrected chi connectivity index (χ4v) is 2.48. The monoisotopic (exact) mass is 257 g/mol. The van der Waals surface area contributed by atoms with E-state index in [1.807, 2.05) is 11.7 Å². The van der Waals surface area contributed by atoms with Gasteiger partial charge >= 0.3 is 0 Å². The van der Waals surface area contributed by atoms with Gasteiger partial charge in [-0.1, -0.05) is 18.5 Å². The van der Waals surface area contributed by atoms with E-state index in [4.69, 9.17) is 16.3 Å². The highest BCUT2D eigenvalue weighted by molar-refractivity contribution is 6.31. The van der Waals surface area contributed by atoms with Crippen LogP contribution in [0.3, 0.4) is 0 Å². The number of ether oxygens (including phenoxy) is 1. The molecule has 4 nitrogen and oxygen atoms in total. The van der Waals surface area contributed by atoms with Gasteiger partial charge in [0.2, 0.25) is 0 Å². The van der Waals surface area contributed by atoms with E-state index in [-0.39, 0.29) is 0 Å². The second-order valence-corrected chi connectivity index (χ2v) is 4.84. The second-order valence-electron chi connectivity index (χ2n) is 4.46. The molecule has 1 N–H and O–H groups in total. The third kappa shape index (κ3) is 3.00. The molecule has 1 aliphatic rings. The first-order valence-electron chi connectivity index (χ1n) is 6.25. The smallest absolute Gasteiger partial charge is 0.0904 e. The van der Waals surface area contributed by atoms with Crippen molar-refractivity contribution >= 4 is 11.6 Å². The van der Waals surface area contributed by atoms with Crippen molar-refractivity contribution in [3.63, 3.8) is 0 Å². The van der Waals surface area contributed by atoms with Crippen molar-refractivity contribution in [3.8, 4) is 0 Å². The molecule has 0 amide bonds. The summed E-state index contributed by atoms with van der Waals surface area (Å²) in [5, 5.41) is 8.48. The van der Waals surface area contributed by atoms with Gasteiger partial charge in [-0.25, -0.2) is 0 Å². The van der Waals surface area contributed by atoms with Crippen molar-refractivity contribution in [1.29, 1.82) is 0 Å². The maximum absolute atomic E-state index is 6.27. The Bertz CT molecular complexity index is 372. The van der Waals surface area contributed by atoms with Gasteiger partial charge in [-0.2, -0.15) is 5.10 Å². The molecular weight excluding hydrogens is 238 g/mol. The first-order valence-corrected chi connectivity index (χ1v) is 6.62. The third-order valence-electron chi connectivity index (χ3n) is 3.21. The Hall–Kier alpha value is -0.580. The predicted molar refractivity (Wildman–Crippen MR) is 68.3 cm³/mol. The molecule has 17 heavy (non-hydrogen) atoms. The number of rotatable bonds is 4. The molecule has 0 radical (unpaired) electrons. The van der Waals surface area contributed by atoms with E-state index in [1.54, 1.807) is 0 Å². The van der Waals surface area contributed by atoms with Gasteiger partial charge in [-0.05, 0) is 25.8 Å². The van der Waals surface area contributed by atoms with Gasteiger partial charge in [0.25, 0.3) is 0 Å². The van der Waals surface area contributed by atoms with Crippen LogP contribution in [0.4, 0.5) is 0 Å². The van der Waals surface area contributed by atoms with Gasteiger partial charge in [0.15, 0.2) is 0 Å². The lowest BCUT2D eigenvalue weighted by molar-refractivity contribution is 0.0222. The zero-order valence-electron chi connectivity index (χ0n) is 10.5.